The molecule has 0 aliphatic carbocycles. The summed E-state index contributed by atoms with van der Waals surface area (Å²) < 4.78 is 1.70. The summed E-state index contributed by atoms with van der Waals surface area (Å²) in [7, 11) is 0. The Morgan fingerprint density at radius 2 is 2.17 bits per heavy atom. The molecule has 1 amide bonds. The summed E-state index contributed by atoms with van der Waals surface area (Å²) in [5.74, 6) is -0.349. The molecule has 0 atom stereocenters. The van der Waals surface area contributed by atoms with Crippen LogP contribution in [0.5, 0.6) is 5.75 Å². The Morgan fingerprint density at radius 3 is 2.83 bits per heavy atom. The molecule has 1 aromatic heterocycles. The largest absolute Gasteiger partial charge is 0.507 e. The van der Waals surface area contributed by atoms with Gasteiger partial charge in [0.15, 0.2) is 0 Å². The molecule has 0 saturated heterocycles. The highest BCUT2D eigenvalue weighted by Crippen LogP contribution is 2.21. The van der Waals surface area contributed by atoms with Gasteiger partial charge < -0.3 is 5.11 Å². The molecule has 0 aliphatic heterocycles. The minimum Gasteiger partial charge on any atom is -0.507 e. The fourth-order valence-corrected chi connectivity index (χ4v) is 2.55. The van der Waals surface area contributed by atoms with Gasteiger partial charge in [0.05, 0.1) is 23.0 Å². The Kier molecular flexibility index (Phi) is 5.85. The molecule has 0 aliphatic rings. The molecule has 24 heavy (non-hydrogen) atoms. The summed E-state index contributed by atoms with van der Waals surface area (Å²) in [6.45, 7) is 6.64. The number of hydrogen-bond acceptors (Lipinski definition) is 4. The number of rotatable bonds is 5. The minimum atomic E-state index is -0.574. The van der Waals surface area contributed by atoms with E-state index in [9.17, 15) is 9.90 Å². The van der Waals surface area contributed by atoms with E-state index in [1.165, 1.54) is 24.4 Å². The second kappa shape index (κ2) is 7.68. The smallest absolute Gasteiger partial charge is 0.275 e. The molecule has 0 saturated carbocycles. The number of phenols is 1. The third-order valence-electron chi connectivity index (χ3n) is 3.21. The monoisotopic (exact) mass is 368 g/mol. The van der Waals surface area contributed by atoms with Crippen LogP contribution in [0.2, 0.25) is 10.2 Å². The molecular weight excluding hydrogens is 351 g/mol. The number of carbonyl (C=O) groups excluding carboxylic acids is 1. The lowest BCUT2D eigenvalue weighted by Crippen LogP contribution is -2.17. The predicted octanol–water partition coefficient (Wildman–Crippen LogP) is 3.62. The van der Waals surface area contributed by atoms with E-state index < -0.39 is 5.91 Å². The standard InChI is InChI=1S/C16H18Cl2N4O2/c1-9(2)8-22-15(18)13(10(3)21-22)7-19-20-16(24)12-6-11(17)4-5-14(12)23/h4-7,9,23H,8H2,1-3H3,(H,20,24)/b19-7-. The molecule has 0 fully saturated rings. The number of nitrogens with zero attached hydrogens (tertiary/aromatic N) is 3. The van der Waals surface area contributed by atoms with E-state index in [4.69, 9.17) is 23.2 Å². The molecular formula is C16H18Cl2N4O2. The fourth-order valence-electron chi connectivity index (χ4n) is 2.09. The van der Waals surface area contributed by atoms with Crippen molar-refractivity contribution in [3.8, 4) is 5.75 Å². The van der Waals surface area contributed by atoms with Gasteiger partial charge in [-0.25, -0.2) is 5.43 Å². The first-order valence-corrected chi connectivity index (χ1v) is 8.10. The second-order valence-corrected chi connectivity index (χ2v) is 6.52. The van der Waals surface area contributed by atoms with Crippen LogP contribution in [0.1, 0.15) is 35.5 Å². The number of aromatic nitrogens is 2. The maximum Gasteiger partial charge on any atom is 0.275 e. The third-order valence-corrected chi connectivity index (χ3v) is 3.84. The van der Waals surface area contributed by atoms with E-state index in [2.05, 4.69) is 29.5 Å². The normalized spacial score (nSPS) is 11.4. The lowest BCUT2D eigenvalue weighted by Gasteiger charge is -2.05. The second-order valence-electron chi connectivity index (χ2n) is 5.73. The van der Waals surface area contributed by atoms with Crippen LogP contribution in [-0.4, -0.2) is 27.0 Å². The van der Waals surface area contributed by atoms with Crippen LogP contribution in [0.15, 0.2) is 23.3 Å². The maximum absolute atomic E-state index is 12.0. The molecule has 2 N–H and O–H groups in total. The number of hydrazone groups is 1. The molecule has 2 aromatic rings. The molecule has 1 aromatic carbocycles. The van der Waals surface area contributed by atoms with Crippen molar-refractivity contribution in [2.24, 2.45) is 11.0 Å². The molecule has 1 heterocycles. The number of aryl methyl sites for hydroxylation is 1. The fraction of sp³-hybridized carbons (Fsp3) is 0.312. The van der Waals surface area contributed by atoms with Crippen LogP contribution in [0, 0.1) is 12.8 Å². The van der Waals surface area contributed by atoms with Crippen molar-refractivity contribution < 1.29 is 9.90 Å². The van der Waals surface area contributed by atoms with Crippen molar-refractivity contribution in [1.82, 2.24) is 15.2 Å². The molecule has 0 radical (unpaired) electrons. The highest BCUT2D eigenvalue weighted by atomic mass is 35.5. The Balaban J connectivity index is 2.13. The van der Waals surface area contributed by atoms with E-state index in [0.29, 0.717) is 33.9 Å². The highest BCUT2D eigenvalue weighted by molar-refractivity contribution is 6.32. The van der Waals surface area contributed by atoms with Crippen LogP contribution in [0.4, 0.5) is 0 Å². The van der Waals surface area contributed by atoms with Gasteiger partial charge in [0, 0.05) is 11.6 Å². The van der Waals surface area contributed by atoms with Crippen LogP contribution in [0.3, 0.4) is 0 Å². The summed E-state index contributed by atoms with van der Waals surface area (Å²) in [6, 6.07) is 4.20. The number of hydrogen-bond donors (Lipinski definition) is 2. The summed E-state index contributed by atoms with van der Waals surface area (Å²) in [5.41, 5.74) is 3.72. The lowest BCUT2D eigenvalue weighted by molar-refractivity contribution is 0.0952. The number of amides is 1. The van der Waals surface area contributed by atoms with Gasteiger partial charge in [-0.15, -0.1) is 0 Å². The van der Waals surface area contributed by atoms with Gasteiger partial charge in [0.25, 0.3) is 5.91 Å². The number of benzene rings is 1. The topological polar surface area (TPSA) is 79.5 Å². The zero-order valence-corrected chi connectivity index (χ0v) is 15.1. The number of carbonyl (C=O) groups is 1. The van der Waals surface area contributed by atoms with Gasteiger partial charge in [0.2, 0.25) is 0 Å². The maximum atomic E-state index is 12.0. The van der Waals surface area contributed by atoms with Crippen molar-refractivity contribution in [2.45, 2.75) is 27.3 Å². The summed E-state index contributed by atoms with van der Waals surface area (Å²) >= 11 is 12.1. The van der Waals surface area contributed by atoms with E-state index in [-0.39, 0.29) is 11.3 Å². The zero-order chi connectivity index (χ0) is 17.9. The Hall–Kier alpha value is -2.05. The molecule has 6 nitrogen and oxygen atoms in total. The quantitative estimate of drug-likeness (QED) is 0.624. The number of phenolic OH excluding ortho intramolecular Hbond substituents is 1. The van der Waals surface area contributed by atoms with Crippen molar-refractivity contribution >= 4 is 35.3 Å². The average molecular weight is 369 g/mol. The molecule has 8 heteroatoms. The summed E-state index contributed by atoms with van der Waals surface area (Å²) in [5, 5.41) is 18.7. The number of halogens is 2. The first kappa shape index (κ1) is 18.3. The van der Waals surface area contributed by atoms with E-state index in [1.807, 2.05) is 6.92 Å². The van der Waals surface area contributed by atoms with Crippen molar-refractivity contribution in [2.75, 3.05) is 0 Å². The molecule has 0 unspecified atom stereocenters. The van der Waals surface area contributed by atoms with Gasteiger partial charge in [-0.3, -0.25) is 9.48 Å². The predicted molar refractivity (Wildman–Crippen MR) is 95.0 cm³/mol. The third kappa shape index (κ3) is 4.27. The first-order valence-electron chi connectivity index (χ1n) is 7.34. The van der Waals surface area contributed by atoms with Crippen molar-refractivity contribution in [3.63, 3.8) is 0 Å². The number of aromatic hydroxyl groups is 1. The van der Waals surface area contributed by atoms with Gasteiger partial charge in [-0.2, -0.15) is 10.2 Å². The Morgan fingerprint density at radius 1 is 1.46 bits per heavy atom. The summed E-state index contributed by atoms with van der Waals surface area (Å²) in [6.07, 6.45) is 1.43. The molecule has 128 valence electrons. The van der Waals surface area contributed by atoms with Gasteiger partial charge in [0.1, 0.15) is 10.9 Å². The van der Waals surface area contributed by atoms with Crippen molar-refractivity contribution in [3.05, 3.63) is 45.2 Å². The summed E-state index contributed by atoms with van der Waals surface area (Å²) in [4.78, 5) is 12.0. The van der Waals surface area contributed by atoms with E-state index >= 15 is 0 Å². The van der Waals surface area contributed by atoms with Crippen LogP contribution in [0.25, 0.3) is 0 Å². The van der Waals surface area contributed by atoms with Gasteiger partial charge in [-0.1, -0.05) is 37.0 Å². The van der Waals surface area contributed by atoms with Crippen LogP contribution < -0.4 is 5.43 Å². The number of nitrogens with one attached hydrogen (secondary N) is 1. The van der Waals surface area contributed by atoms with E-state index in [1.54, 1.807) is 4.68 Å². The Labute approximate surface area is 150 Å². The minimum absolute atomic E-state index is 0.0398. The average Bonchev–Trinajstić information content (AvgIpc) is 2.76. The first-order chi connectivity index (χ1) is 11.3. The lowest BCUT2D eigenvalue weighted by atomic mass is 10.2. The molecule has 2 rings (SSSR count). The molecule has 0 spiro atoms. The van der Waals surface area contributed by atoms with E-state index in [0.717, 1.165) is 0 Å². The van der Waals surface area contributed by atoms with Crippen LogP contribution >= 0.6 is 23.2 Å². The van der Waals surface area contributed by atoms with Crippen LogP contribution in [-0.2, 0) is 6.54 Å². The Bertz CT molecular complexity index is 785. The zero-order valence-electron chi connectivity index (χ0n) is 13.5. The van der Waals surface area contributed by atoms with Crippen molar-refractivity contribution in [1.29, 1.82) is 0 Å². The SMILES string of the molecule is Cc1nn(CC(C)C)c(Cl)c1/C=N\NC(=O)c1cc(Cl)ccc1O. The van der Waals surface area contributed by atoms with Gasteiger partial charge >= 0.3 is 0 Å². The molecule has 0 bridgehead atoms. The van der Waals surface area contributed by atoms with Gasteiger partial charge in [-0.05, 0) is 31.0 Å². The highest BCUT2D eigenvalue weighted by Gasteiger charge is 2.14.